The third-order valence-corrected chi connectivity index (χ3v) is 3.54. The Labute approximate surface area is 123 Å². The number of benzene rings is 1. The van der Waals surface area contributed by atoms with Gasteiger partial charge >= 0.3 is 0 Å². The van der Waals surface area contributed by atoms with E-state index in [1.165, 1.54) is 24.3 Å². The highest BCUT2D eigenvalue weighted by Gasteiger charge is 2.17. The Morgan fingerprint density at radius 1 is 1.19 bits per heavy atom. The number of carbonyl (C=O) groups excluding carboxylic acids is 2. The van der Waals surface area contributed by atoms with Crippen LogP contribution in [0.15, 0.2) is 35.7 Å². The van der Waals surface area contributed by atoms with Crippen LogP contribution < -0.4 is 10.6 Å². The summed E-state index contributed by atoms with van der Waals surface area (Å²) in [4.78, 5) is 24.1. The molecule has 1 atom stereocenters. The van der Waals surface area contributed by atoms with Crippen molar-refractivity contribution in [1.82, 2.24) is 5.32 Å². The molecule has 0 aliphatic heterocycles. The van der Waals surface area contributed by atoms with Gasteiger partial charge in [-0.05, 0) is 30.5 Å². The number of carbonyl (C=O) groups is 2. The van der Waals surface area contributed by atoms with Gasteiger partial charge in [0.15, 0.2) is 11.6 Å². The zero-order valence-corrected chi connectivity index (χ0v) is 11.8. The lowest BCUT2D eigenvalue weighted by molar-refractivity contribution is -0.117. The number of hydrogen-bond acceptors (Lipinski definition) is 3. The van der Waals surface area contributed by atoms with E-state index in [2.05, 4.69) is 10.6 Å². The van der Waals surface area contributed by atoms with Crippen LogP contribution in [0.1, 0.15) is 16.6 Å². The van der Waals surface area contributed by atoms with Gasteiger partial charge in [-0.1, -0.05) is 6.07 Å². The van der Waals surface area contributed by atoms with Crippen molar-refractivity contribution in [3.8, 4) is 0 Å². The monoisotopic (exact) mass is 310 g/mol. The second-order valence-electron chi connectivity index (χ2n) is 4.29. The first-order valence-electron chi connectivity index (χ1n) is 6.07. The predicted octanol–water partition coefficient (Wildman–Crippen LogP) is 2.78. The molecule has 21 heavy (non-hydrogen) atoms. The van der Waals surface area contributed by atoms with Gasteiger partial charge in [0, 0.05) is 11.8 Å². The maximum atomic E-state index is 13.0. The minimum absolute atomic E-state index is 0.121. The highest BCUT2D eigenvalue weighted by atomic mass is 32.1. The van der Waals surface area contributed by atoms with E-state index in [9.17, 15) is 18.4 Å². The molecule has 2 rings (SSSR count). The number of rotatable bonds is 4. The molecule has 0 radical (unpaired) electrons. The first-order valence-corrected chi connectivity index (χ1v) is 6.95. The van der Waals surface area contributed by atoms with E-state index in [1.54, 1.807) is 17.5 Å². The van der Waals surface area contributed by atoms with E-state index in [4.69, 9.17) is 0 Å². The summed E-state index contributed by atoms with van der Waals surface area (Å²) in [6, 6.07) is 5.59. The first kappa shape index (κ1) is 15.1. The van der Waals surface area contributed by atoms with Gasteiger partial charge in [-0.2, -0.15) is 0 Å². The van der Waals surface area contributed by atoms with E-state index in [-0.39, 0.29) is 11.6 Å². The second kappa shape index (κ2) is 6.45. The Balaban J connectivity index is 1.96. The fourth-order valence-electron chi connectivity index (χ4n) is 1.57. The number of nitrogens with one attached hydrogen (secondary N) is 2. The van der Waals surface area contributed by atoms with Crippen molar-refractivity contribution in [2.45, 2.75) is 13.0 Å². The molecule has 0 bridgehead atoms. The fraction of sp³-hybridized carbons (Fsp3) is 0.143. The van der Waals surface area contributed by atoms with Crippen LogP contribution in [0, 0.1) is 11.6 Å². The normalized spacial score (nSPS) is 11.8. The molecule has 0 aliphatic carbocycles. The number of halogens is 2. The lowest BCUT2D eigenvalue weighted by Crippen LogP contribution is -2.41. The van der Waals surface area contributed by atoms with Crippen molar-refractivity contribution in [2.75, 3.05) is 5.32 Å². The molecule has 2 amide bonds. The molecular weight excluding hydrogens is 298 g/mol. The van der Waals surface area contributed by atoms with Crippen LogP contribution in [0.3, 0.4) is 0 Å². The molecule has 0 fully saturated rings. The molecule has 7 heteroatoms. The SMILES string of the molecule is CC(NC(=O)c1cccs1)C(=O)Nc1ccc(F)c(F)c1. The van der Waals surface area contributed by atoms with Gasteiger partial charge in [0.05, 0.1) is 4.88 Å². The number of hydrogen-bond donors (Lipinski definition) is 2. The Morgan fingerprint density at radius 2 is 1.95 bits per heavy atom. The van der Waals surface area contributed by atoms with Gasteiger partial charge in [-0.25, -0.2) is 8.78 Å². The predicted molar refractivity (Wildman–Crippen MR) is 76.2 cm³/mol. The van der Waals surface area contributed by atoms with Crippen molar-refractivity contribution in [3.63, 3.8) is 0 Å². The first-order chi connectivity index (χ1) is 9.97. The summed E-state index contributed by atoms with van der Waals surface area (Å²) in [7, 11) is 0. The minimum Gasteiger partial charge on any atom is -0.340 e. The van der Waals surface area contributed by atoms with Crippen LogP contribution in [0.5, 0.6) is 0 Å². The van der Waals surface area contributed by atoms with E-state index in [1.807, 2.05) is 0 Å². The Kier molecular flexibility index (Phi) is 4.64. The molecule has 1 aromatic heterocycles. The van der Waals surface area contributed by atoms with Crippen LogP contribution in [-0.2, 0) is 4.79 Å². The third kappa shape index (κ3) is 3.85. The van der Waals surface area contributed by atoms with E-state index in [0.29, 0.717) is 4.88 Å². The van der Waals surface area contributed by atoms with Crippen molar-refractivity contribution in [2.24, 2.45) is 0 Å². The summed E-state index contributed by atoms with van der Waals surface area (Å²) >= 11 is 1.26. The summed E-state index contributed by atoms with van der Waals surface area (Å²) in [5.74, 6) is -2.93. The van der Waals surface area contributed by atoms with Crippen LogP contribution in [0.25, 0.3) is 0 Å². The van der Waals surface area contributed by atoms with Crippen LogP contribution in [0.2, 0.25) is 0 Å². The molecule has 1 heterocycles. The lowest BCUT2D eigenvalue weighted by Gasteiger charge is -2.13. The average Bonchev–Trinajstić information content (AvgIpc) is 2.97. The number of amides is 2. The van der Waals surface area contributed by atoms with Crippen LogP contribution in [0.4, 0.5) is 14.5 Å². The third-order valence-electron chi connectivity index (χ3n) is 2.67. The van der Waals surface area contributed by atoms with Gasteiger partial charge in [0.25, 0.3) is 5.91 Å². The second-order valence-corrected chi connectivity index (χ2v) is 5.24. The Bertz CT molecular complexity index is 659. The van der Waals surface area contributed by atoms with Crippen LogP contribution >= 0.6 is 11.3 Å². The van der Waals surface area contributed by atoms with Gasteiger partial charge in [0.1, 0.15) is 6.04 Å². The summed E-state index contributed by atoms with van der Waals surface area (Å²) < 4.78 is 25.8. The molecule has 0 saturated carbocycles. The van der Waals surface area contributed by atoms with Gasteiger partial charge < -0.3 is 10.6 Å². The average molecular weight is 310 g/mol. The standard InChI is InChI=1S/C14H12F2N2O2S/c1-8(17-14(20)12-3-2-6-21-12)13(19)18-9-4-5-10(15)11(16)7-9/h2-8H,1H3,(H,17,20)(H,18,19). The lowest BCUT2D eigenvalue weighted by atomic mass is 10.2. The number of anilines is 1. The topological polar surface area (TPSA) is 58.2 Å². The molecule has 0 saturated heterocycles. The number of thiophene rings is 1. The summed E-state index contributed by atoms with van der Waals surface area (Å²) in [6.45, 7) is 1.50. The molecule has 2 N–H and O–H groups in total. The summed E-state index contributed by atoms with van der Waals surface area (Å²) in [5.41, 5.74) is 0.121. The van der Waals surface area contributed by atoms with Crippen molar-refractivity contribution < 1.29 is 18.4 Å². The van der Waals surface area contributed by atoms with Gasteiger partial charge in [0.2, 0.25) is 5.91 Å². The highest BCUT2D eigenvalue weighted by Crippen LogP contribution is 2.13. The summed E-state index contributed by atoms with van der Waals surface area (Å²) in [5, 5.41) is 6.67. The highest BCUT2D eigenvalue weighted by molar-refractivity contribution is 7.12. The van der Waals surface area contributed by atoms with Gasteiger partial charge in [-0.15, -0.1) is 11.3 Å². The van der Waals surface area contributed by atoms with E-state index >= 15 is 0 Å². The zero-order valence-electron chi connectivity index (χ0n) is 11.0. The van der Waals surface area contributed by atoms with E-state index in [0.717, 1.165) is 12.1 Å². The summed E-state index contributed by atoms with van der Waals surface area (Å²) in [6.07, 6.45) is 0. The molecular formula is C14H12F2N2O2S. The molecule has 0 spiro atoms. The molecule has 4 nitrogen and oxygen atoms in total. The quantitative estimate of drug-likeness (QED) is 0.912. The van der Waals surface area contributed by atoms with E-state index < -0.39 is 23.6 Å². The Morgan fingerprint density at radius 3 is 2.57 bits per heavy atom. The fourth-order valence-corrected chi connectivity index (χ4v) is 2.19. The molecule has 2 aromatic rings. The molecule has 1 unspecified atom stereocenters. The molecule has 0 aliphatic rings. The maximum Gasteiger partial charge on any atom is 0.261 e. The van der Waals surface area contributed by atoms with Gasteiger partial charge in [-0.3, -0.25) is 9.59 Å². The Hall–Kier alpha value is -2.28. The van der Waals surface area contributed by atoms with Crippen LogP contribution in [-0.4, -0.2) is 17.9 Å². The molecule has 110 valence electrons. The maximum absolute atomic E-state index is 13.0. The zero-order chi connectivity index (χ0) is 15.4. The van der Waals surface area contributed by atoms with Crippen molar-refractivity contribution in [1.29, 1.82) is 0 Å². The van der Waals surface area contributed by atoms with Crippen molar-refractivity contribution >= 4 is 28.8 Å². The minimum atomic E-state index is -1.05. The van der Waals surface area contributed by atoms with Crippen molar-refractivity contribution in [3.05, 3.63) is 52.2 Å². The smallest absolute Gasteiger partial charge is 0.261 e. The molecule has 1 aromatic carbocycles. The largest absolute Gasteiger partial charge is 0.340 e.